The first-order valence-electron chi connectivity index (χ1n) is 27.8. The number of rotatable bonds is 4. The van der Waals surface area contributed by atoms with Gasteiger partial charge in [-0.25, -0.2) is 14.6 Å². The molecule has 3 fully saturated rings. The van der Waals surface area contributed by atoms with Gasteiger partial charge in [-0.3, -0.25) is 4.98 Å². The van der Waals surface area contributed by atoms with Crippen molar-refractivity contribution >= 4 is 47.7 Å². The summed E-state index contributed by atoms with van der Waals surface area (Å²) in [5, 5.41) is 0.483. The molecule has 0 spiro atoms. The number of benzene rings is 2. The number of nitrogens with zero attached hydrogens (tertiary/aromatic N) is 6. The first-order chi connectivity index (χ1) is 35.1. The average Bonchev–Trinajstić information content (AvgIpc) is 3.56. The van der Waals surface area contributed by atoms with Crippen LogP contribution in [0.2, 0.25) is 5.15 Å². The van der Waals surface area contributed by atoms with Crippen molar-refractivity contribution in [3.8, 4) is 11.3 Å². The Morgan fingerprint density at radius 1 is 0.513 bits per heavy atom. The molecule has 0 N–H and O–H groups in total. The van der Waals surface area contributed by atoms with Crippen molar-refractivity contribution in [2.75, 3.05) is 62.2 Å². The minimum absolute atomic E-state index is 0.177. The standard InChI is InChI=1S/C28H39N3O2.C20H31BO2.C14H20ClN3O2/c1-26(2,3)33-25(32)31-16-14-30(15-17-31)21-10-13-29-24(19-21)20-8-9-22-23(18-20)28(6,7)12-11-27(22,4)5;1-17(2)11-12-18(3,4)16-13-14(9-10-15(16)17)21-22-19(5,6)20(7,8)23-21;1-14(2,3)20-13(19)18-8-6-17(7-9-18)11-4-5-16-12(15)10-11/h8-10,13,18-19H,11-12,14-17H2,1-7H3;9-10,13H,11-12H2,1-8H3;4-5,10H,6-9H2,1-3H3. The molecule has 5 heterocycles. The minimum Gasteiger partial charge on any atom is -0.444 e. The summed E-state index contributed by atoms with van der Waals surface area (Å²) in [6.07, 6.45) is 8.00. The first-order valence-corrected chi connectivity index (χ1v) is 28.1. The number of carbonyl (C=O) groups excluding carboxylic acids is 2. The van der Waals surface area contributed by atoms with Crippen LogP contribution in [0.5, 0.6) is 0 Å². The Hall–Kier alpha value is -4.85. The second kappa shape index (κ2) is 21.8. The van der Waals surface area contributed by atoms with Crippen LogP contribution in [0.3, 0.4) is 0 Å². The van der Waals surface area contributed by atoms with Gasteiger partial charge >= 0.3 is 19.3 Å². The maximum Gasteiger partial charge on any atom is 0.494 e. The van der Waals surface area contributed by atoms with Crippen molar-refractivity contribution in [1.29, 1.82) is 0 Å². The maximum absolute atomic E-state index is 12.4. The zero-order valence-corrected chi connectivity index (χ0v) is 50.3. The van der Waals surface area contributed by atoms with E-state index in [4.69, 9.17) is 35.4 Å². The third-order valence-corrected chi connectivity index (χ3v) is 16.8. The van der Waals surface area contributed by atoms with Crippen LogP contribution in [-0.4, -0.2) is 114 Å². The SMILES string of the molecule is CC(C)(C)OC(=O)N1CCN(c2ccnc(-c3ccc4c(c3)C(C)(C)CCC4(C)C)c2)CC1.CC(C)(C)OC(=O)N1CCN(c2ccnc(Cl)c2)CC1.CC1(C)CCC(C)(C)c2cc(B3OC(C)(C)C(C)(C)O3)ccc21. The summed E-state index contributed by atoms with van der Waals surface area (Å²) in [6.45, 7) is 44.4. The third-order valence-electron chi connectivity index (χ3n) is 16.6. The number of hydrogen-bond donors (Lipinski definition) is 0. The second-order valence-corrected chi connectivity index (χ2v) is 27.7. The molecule has 2 amide bonds. The van der Waals surface area contributed by atoms with Crippen LogP contribution in [0.25, 0.3) is 11.3 Å². The van der Waals surface area contributed by atoms with Gasteiger partial charge in [-0.2, -0.15) is 0 Å². The summed E-state index contributed by atoms with van der Waals surface area (Å²) in [5.41, 5.74) is 10.7. The van der Waals surface area contributed by atoms with E-state index >= 15 is 0 Å². The molecule has 0 unspecified atom stereocenters. The van der Waals surface area contributed by atoms with Gasteiger partial charge in [0, 0.05) is 81.7 Å². The quantitative estimate of drug-likeness (QED) is 0.145. The van der Waals surface area contributed by atoms with Crippen molar-refractivity contribution in [3.63, 3.8) is 0 Å². The summed E-state index contributed by atoms with van der Waals surface area (Å²) in [6, 6.07) is 21.8. The van der Waals surface area contributed by atoms with Crippen LogP contribution in [0.1, 0.15) is 173 Å². The topological polar surface area (TPSA) is 110 Å². The number of anilines is 2. The fraction of sp³-hybridized carbons (Fsp3) is 0.613. The molecule has 0 atom stereocenters. The number of carbonyl (C=O) groups is 2. The van der Waals surface area contributed by atoms with Crippen molar-refractivity contribution in [2.45, 2.75) is 194 Å². The van der Waals surface area contributed by atoms with Gasteiger partial charge in [-0.15, -0.1) is 0 Å². The molecule has 0 bridgehead atoms. The van der Waals surface area contributed by atoms with Gasteiger partial charge in [0.1, 0.15) is 16.4 Å². The Labute approximate surface area is 462 Å². The molecule has 14 heteroatoms. The molecule has 76 heavy (non-hydrogen) atoms. The highest BCUT2D eigenvalue weighted by molar-refractivity contribution is 6.62. The van der Waals surface area contributed by atoms with Crippen molar-refractivity contribution in [1.82, 2.24) is 19.8 Å². The molecule has 0 saturated carbocycles. The van der Waals surface area contributed by atoms with Gasteiger partial charge in [0.2, 0.25) is 0 Å². The van der Waals surface area contributed by atoms with Gasteiger partial charge in [0.25, 0.3) is 0 Å². The number of halogens is 1. The molecule has 9 rings (SSSR count). The van der Waals surface area contributed by atoms with Crippen molar-refractivity contribution in [2.24, 2.45) is 0 Å². The van der Waals surface area contributed by atoms with Gasteiger partial charge in [-0.1, -0.05) is 97.3 Å². The van der Waals surface area contributed by atoms with Gasteiger partial charge in [0.15, 0.2) is 0 Å². The Bertz CT molecular complexity index is 2690. The lowest BCUT2D eigenvalue weighted by Crippen LogP contribution is -2.50. The fourth-order valence-electron chi connectivity index (χ4n) is 10.8. The number of ether oxygens (including phenoxy) is 2. The molecule has 4 aromatic rings. The zero-order valence-electron chi connectivity index (χ0n) is 49.5. The number of amides is 2. The first kappa shape index (κ1) is 58.8. The zero-order chi connectivity index (χ0) is 56.0. The van der Waals surface area contributed by atoms with Crippen LogP contribution >= 0.6 is 11.6 Å². The molecular formula is C62H90BClN6O6. The molecule has 3 aliphatic heterocycles. The van der Waals surface area contributed by atoms with E-state index in [9.17, 15) is 9.59 Å². The van der Waals surface area contributed by atoms with Crippen molar-refractivity contribution in [3.05, 3.63) is 100 Å². The summed E-state index contributed by atoms with van der Waals surface area (Å²) in [4.78, 5) is 41.1. The molecule has 2 aliphatic carbocycles. The van der Waals surface area contributed by atoms with Crippen LogP contribution in [-0.2, 0) is 40.4 Å². The highest BCUT2D eigenvalue weighted by atomic mass is 35.5. The Balaban J connectivity index is 0.000000173. The fourth-order valence-corrected chi connectivity index (χ4v) is 11.0. The van der Waals surface area contributed by atoms with Gasteiger partial charge in [-0.05, 0) is 175 Å². The molecule has 0 radical (unpaired) electrons. The smallest absolute Gasteiger partial charge is 0.444 e. The Kier molecular flexibility index (Phi) is 16.8. The number of pyridine rings is 2. The lowest BCUT2D eigenvalue weighted by molar-refractivity contribution is 0.00578. The highest BCUT2D eigenvalue weighted by Crippen LogP contribution is 2.48. The van der Waals surface area contributed by atoms with Crippen LogP contribution < -0.4 is 15.3 Å². The van der Waals surface area contributed by atoms with Crippen LogP contribution in [0, 0.1) is 0 Å². The van der Waals surface area contributed by atoms with E-state index < -0.39 is 11.2 Å². The Morgan fingerprint density at radius 3 is 1.34 bits per heavy atom. The summed E-state index contributed by atoms with van der Waals surface area (Å²) >= 11 is 5.89. The van der Waals surface area contributed by atoms with Crippen LogP contribution in [0.4, 0.5) is 21.0 Å². The lowest BCUT2D eigenvalue weighted by atomic mass is 9.61. The van der Waals surface area contributed by atoms with E-state index in [1.807, 2.05) is 59.9 Å². The predicted molar refractivity (Wildman–Crippen MR) is 312 cm³/mol. The molecule has 12 nitrogen and oxygen atoms in total. The van der Waals surface area contributed by atoms with E-state index in [0.717, 1.165) is 48.7 Å². The van der Waals surface area contributed by atoms with E-state index in [2.05, 4.69) is 146 Å². The molecule has 3 saturated heterocycles. The third kappa shape index (κ3) is 13.9. The van der Waals surface area contributed by atoms with Gasteiger partial charge in [0.05, 0.1) is 16.9 Å². The van der Waals surface area contributed by atoms with Crippen molar-refractivity contribution < 1.29 is 28.4 Å². The number of aromatic nitrogens is 2. The molecule has 5 aliphatic rings. The second-order valence-electron chi connectivity index (χ2n) is 27.3. The number of hydrogen-bond acceptors (Lipinski definition) is 10. The van der Waals surface area contributed by atoms with E-state index in [0.29, 0.717) is 31.3 Å². The maximum atomic E-state index is 12.4. The normalized spacial score (nSPS) is 21.0. The van der Waals surface area contributed by atoms with E-state index in [1.54, 1.807) is 16.0 Å². The predicted octanol–water partition coefficient (Wildman–Crippen LogP) is 13.3. The largest absolute Gasteiger partial charge is 0.494 e. The summed E-state index contributed by atoms with van der Waals surface area (Å²) in [5.74, 6) is 0. The van der Waals surface area contributed by atoms with E-state index in [-0.39, 0.29) is 52.2 Å². The molecular weight excluding hydrogens is 971 g/mol. The lowest BCUT2D eigenvalue weighted by Gasteiger charge is -2.42. The van der Waals surface area contributed by atoms with Crippen LogP contribution in [0.15, 0.2) is 73.1 Å². The summed E-state index contributed by atoms with van der Waals surface area (Å²) in [7, 11) is -0.272. The number of piperazine rings is 2. The molecule has 2 aromatic carbocycles. The van der Waals surface area contributed by atoms with Gasteiger partial charge < -0.3 is 38.4 Å². The van der Waals surface area contributed by atoms with E-state index in [1.165, 1.54) is 53.5 Å². The number of fused-ring (bicyclic) bond motifs is 2. The molecule has 2 aromatic heterocycles. The monoisotopic (exact) mass is 1060 g/mol. The average molecular weight is 1060 g/mol. The summed E-state index contributed by atoms with van der Waals surface area (Å²) < 4.78 is 23.4. The minimum atomic E-state index is -0.465. The Morgan fingerprint density at radius 2 is 0.908 bits per heavy atom. The molecule has 414 valence electrons. The highest BCUT2D eigenvalue weighted by Gasteiger charge is 2.52.